The molecular weight excluding hydrogens is 496 g/mol. The molecule has 0 aliphatic carbocycles. The van der Waals surface area contributed by atoms with Crippen molar-refractivity contribution in [2.45, 2.75) is 25.4 Å². The number of likely N-dealkylation sites (tertiary alicyclic amines) is 1. The standard InChI is InChI=1S/C30H27F2NO3.ClH/c31-21-17-26-25-10-6-20-16-22(34)7-11-24(20)28(25)29(36-30(26)27(32)18-21)19-4-8-23(9-5-19)35-15-14-33-12-2-1-3-13-33;/h4-11,16-18,29,34H,1-3,12-15H2;1H/t29-;/m1./s1. The predicted octanol–water partition coefficient (Wildman–Crippen LogP) is 7.26. The fourth-order valence-electron chi connectivity index (χ4n) is 5.36. The molecule has 37 heavy (non-hydrogen) atoms. The van der Waals surface area contributed by atoms with Gasteiger partial charge in [-0.1, -0.05) is 36.8 Å². The molecule has 1 fully saturated rings. The first-order chi connectivity index (χ1) is 17.6. The second kappa shape index (κ2) is 10.6. The molecule has 4 aromatic carbocycles. The van der Waals surface area contributed by atoms with Gasteiger partial charge in [0.05, 0.1) is 0 Å². The summed E-state index contributed by atoms with van der Waals surface area (Å²) < 4.78 is 41.2. The lowest BCUT2D eigenvalue weighted by atomic mass is 9.86. The minimum atomic E-state index is -0.732. The van der Waals surface area contributed by atoms with Crippen LogP contribution in [-0.4, -0.2) is 36.2 Å². The Labute approximate surface area is 220 Å². The van der Waals surface area contributed by atoms with E-state index in [1.165, 1.54) is 25.3 Å². The van der Waals surface area contributed by atoms with E-state index in [2.05, 4.69) is 4.90 Å². The molecule has 1 saturated heterocycles. The van der Waals surface area contributed by atoms with Crippen LogP contribution in [0.5, 0.6) is 17.2 Å². The lowest BCUT2D eigenvalue weighted by Gasteiger charge is -2.31. The molecule has 4 aromatic rings. The zero-order valence-electron chi connectivity index (χ0n) is 20.3. The average Bonchev–Trinajstić information content (AvgIpc) is 2.89. The quantitative estimate of drug-likeness (QED) is 0.299. The molecule has 4 nitrogen and oxygen atoms in total. The van der Waals surface area contributed by atoms with Crippen LogP contribution in [0.4, 0.5) is 8.78 Å². The highest BCUT2D eigenvalue weighted by atomic mass is 35.5. The first kappa shape index (κ1) is 25.3. The minimum absolute atomic E-state index is 0. The SMILES string of the molecule is Cl.Oc1ccc2c3c(ccc2c1)-c1cc(F)cc(F)c1O[C@@H]3c1ccc(OCCN2CCCCC2)cc1. The number of rotatable bonds is 5. The maximum Gasteiger partial charge on any atom is 0.168 e. The number of hydrogen-bond acceptors (Lipinski definition) is 4. The van der Waals surface area contributed by atoms with E-state index < -0.39 is 17.7 Å². The van der Waals surface area contributed by atoms with E-state index in [4.69, 9.17) is 9.47 Å². The second-order valence-electron chi connectivity index (χ2n) is 9.51. The molecule has 2 aliphatic rings. The highest BCUT2D eigenvalue weighted by Gasteiger charge is 2.32. The minimum Gasteiger partial charge on any atom is -0.508 e. The molecular formula is C30H28ClF2NO3. The first-order valence-electron chi connectivity index (χ1n) is 12.4. The van der Waals surface area contributed by atoms with Crippen molar-refractivity contribution in [3.63, 3.8) is 0 Å². The van der Waals surface area contributed by atoms with Crippen LogP contribution in [0.2, 0.25) is 0 Å². The number of phenols is 1. The highest BCUT2D eigenvalue weighted by molar-refractivity contribution is 5.95. The molecule has 1 atom stereocenters. The fourth-order valence-corrected chi connectivity index (χ4v) is 5.36. The van der Waals surface area contributed by atoms with E-state index in [0.717, 1.165) is 53.3 Å². The van der Waals surface area contributed by atoms with E-state index in [9.17, 15) is 13.9 Å². The van der Waals surface area contributed by atoms with Crippen LogP contribution in [0.1, 0.15) is 36.5 Å². The number of halogens is 3. The summed E-state index contributed by atoms with van der Waals surface area (Å²) in [5.74, 6) is -0.434. The summed E-state index contributed by atoms with van der Waals surface area (Å²) >= 11 is 0. The maximum atomic E-state index is 14.8. The number of piperidine rings is 1. The first-order valence-corrected chi connectivity index (χ1v) is 12.4. The van der Waals surface area contributed by atoms with Crippen LogP contribution >= 0.6 is 12.4 Å². The van der Waals surface area contributed by atoms with E-state index >= 15 is 0 Å². The van der Waals surface area contributed by atoms with Crippen LogP contribution in [0.3, 0.4) is 0 Å². The van der Waals surface area contributed by atoms with Crippen molar-refractivity contribution in [2.75, 3.05) is 26.2 Å². The van der Waals surface area contributed by atoms with Gasteiger partial charge < -0.3 is 14.6 Å². The summed E-state index contributed by atoms with van der Waals surface area (Å²) in [7, 11) is 0. The Hall–Kier alpha value is -3.35. The van der Waals surface area contributed by atoms with Gasteiger partial charge in [0.2, 0.25) is 0 Å². The molecule has 2 heterocycles. The molecule has 7 heteroatoms. The summed E-state index contributed by atoms with van der Waals surface area (Å²) in [6, 6.07) is 18.6. The van der Waals surface area contributed by atoms with Crippen LogP contribution in [0.15, 0.2) is 66.7 Å². The molecule has 0 unspecified atom stereocenters. The van der Waals surface area contributed by atoms with Gasteiger partial charge in [-0.05, 0) is 78.2 Å². The molecule has 192 valence electrons. The van der Waals surface area contributed by atoms with Crippen molar-refractivity contribution in [3.8, 4) is 28.4 Å². The lowest BCUT2D eigenvalue weighted by molar-refractivity contribution is 0.183. The van der Waals surface area contributed by atoms with Crippen LogP contribution in [-0.2, 0) is 0 Å². The Morgan fingerprint density at radius 2 is 1.68 bits per heavy atom. The number of nitrogens with zero attached hydrogens (tertiary/aromatic N) is 1. The second-order valence-corrected chi connectivity index (χ2v) is 9.51. The summed E-state index contributed by atoms with van der Waals surface area (Å²) in [5.41, 5.74) is 2.73. The number of benzene rings is 4. The van der Waals surface area contributed by atoms with Gasteiger partial charge in [-0.15, -0.1) is 12.4 Å². The topological polar surface area (TPSA) is 41.9 Å². The van der Waals surface area contributed by atoms with E-state index in [0.29, 0.717) is 17.7 Å². The summed E-state index contributed by atoms with van der Waals surface area (Å²) in [6.07, 6.45) is 3.21. The number of ether oxygens (including phenoxy) is 2. The Kier molecular flexibility index (Phi) is 7.22. The Morgan fingerprint density at radius 1 is 0.892 bits per heavy atom. The largest absolute Gasteiger partial charge is 0.508 e. The smallest absolute Gasteiger partial charge is 0.168 e. The third kappa shape index (κ3) is 4.96. The third-order valence-electron chi connectivity index (χ3n) is 7.15. The number of aromatic hydroxyl groups is 1. The molecule has 0 aromatic heterocycles. The summed E-state index contributed by atoms with van der Waals surface area (Å²) in [4.78, 5) is 2.43. The fraction of sp³-hybridized carbons (Fsp3) is 0.267. The molecule has 2 aliphatic heterocycles. The van der Waals surface area contributed by atoms with Crippen molar-refractivity contribution in [1.29, 1.82) is 0 Å². The normalized spacial score (nSPS) is 16.9. The molecule has 0 bridgehead atoms. The van der Waals surface area contributed by atoms with Crippen molar-refractivity contribution < 1.29 is 23.4 Å². The van der Waals surface area contributed by atoms with Gasteiger partial charge in [0, 0.05) is 23.7 Å². The molecule has 0 amide bonds. The van der Waals surface area contributed by atoms with E-state index in [1.54, 1.807) is 12.1 Å². The molecule has 6 rings (SSSR count). The number of hydrogen-bond donors (Lipinski definition) is 1. The van der Waals surface area contributed by atoms with Crippen LogP contribution in [0.25, 0.3) is 21.9 Å². The van der Waals surface area contributed by atoms with Gasteiger partial charge in [-0.25, -0.2) is 8.78 Å². The van der Waals surface area contributed by atoms with Crippen LogP contribution in [0, 0.1) is 11.6 Å². The zero-order chi connectivity index (χ0) is 24.6. The van der Waals surface area contributed by atoms with Crippen molar-refractivity contribution in [3.05, 3.63) is 89.5 Å². The van der Waals surface area contributed by atoms with Gasteiger partial charge in [-0.3, -0.25) is 4.90 Å². The Morgan fingerprint density at radius 3 is 2.46 bits per heavy atom. The van der Waals surface area contributed by atoms with Crippen molar-refractivity contribution >= 4 is 23.2 Å². The maximum absolute atomic E-state index is 14.8. The number of fused-ring (bicyclic) bond motifs is 5. The van der Waals surface area contributed by atoms with Gasteiger partial charge in [-0.2, -0.15) is 0 Å². The molecule has 0 spiro atoms. The molecule has 1 N–H and O–H groups in total. The predicted molar refractivity (Wildman–Crippen MR) is 143 cm³/mol. The van der Waals surface area contributed by atoms with Gasteiger partial charge in [0.15, 0.2) is 17.7 Å². The Balaban J connectivity index is 0.00000280. The zero-order valence-corrected chi connectivity index (χ0v) is 21.1. The average molecular weight is 524 g/mol. The molecule has 0 radical (unpaired) electrons. The van der Waals surface area contributed by atoms with Gasteiger partial charge in [0.1, 0.15) is 23.9 Å². The van der Waals surface area contributed by atoms with E-state index in [1.807, 2.05) is 42.5 Å². The third-order valence-corrected chi connectivity index (χ3v) is 7.15. The summed E-state index contributed by atoms with van der Waals surface area (Å²) in [5, 5.41) is 11.7. The van der Waals surface area contributed by atoms with Crippen LogP contribution < -0.4 is 9.47 Å². The van der Waals surface area contributed by atoms with Crippen molar-refractivity contribution in [1.82, 2.24) is 4.90 Å². The Bertz CT molecular complexity index is 1420. The highest BCUT2D eigenvalue weighted by Crippen LogP contribution is 2.49. The lowest BCUT2D eigenvalue weighted by Crippen LogP contribution is -2.33. The number of phenolic OH excluding ortho intramolecular Hbond substituents is 1. The molecule has 0 saturated carbocycles. The van der Waals surface area contributed by atoms with E-state index in [-0.39, 0.29) is 23.9 Å². The van der Waals surface area contributed by atoms with Crippen molar-refractivity contribution in [2.24, 2.45) is 0 Å². The monoisotopic (exact) mass is 523 g/mol. The van der Waals surface area contributed by atoms with Gasteiger partial charge in [0.25, 0.3) is 0 Å². The van der Waals surface area contributed by atoms with Gasteiger partial charge >= 0.3 is 0 Å². The summed E-state index contributed by atoms with van der Waals surface area (Å²) in [6.45, 7) is 3.80.